The lowest BCUT2D eigenvalue weighted by atomic mass is 9.85. The van der Waals surface area contributed by atoms with E-state index < -0.39 is 17.6 Å². The van der Waals surface area contributed by atoms with E-state index >= 15 is 0 Å². The maximum atomic E-state index is 14.5. The lowest BCUT2D eigenvalue weighted by Crippen LogP contribution is -2.25. The van der Waals surface area contributed by atoms with Gasteiger partial charge in [-0.3, -0.25) is 19.8 Å². The highest BCUT2D eigenvalue weighted by Crippen LogP contribution is 2.34. The summed E-state index contributed by atoms with van der Waals surface area (Å²) in [6.07, 6.45) is 0. The second-order valence-electron chi connectivity index (χ2n) is 10.6. The summed E-state index contributed by atoms with van der Waals surface area (Å²) in [6, 6.07) is 20.1. The number of nitrogens with zero attached hydrogens (tertiary/aromatic N) is 4. The topological polar surface area (TPSA) is 101 Å². The van der Waals surface area contributed by atoms with Crippen molar-refractivity contribution < 1.29 is 8.78 Å². The number of halogens is 3. The van der Waals surface area contributed by atoms with Crippen molar-refractivity contribution in [3.63, 3.8) is 0 Å². The minimum atomic E-state index is -0.764. The van der Waals surface area contributed by atoms with Crippen molar-refractivity contribution in [1.82, 2.24) is 29.5 Å². The number of aromatic amines is 2. The van der Waals surface area contributed by atoms with Crippen LogP contribution >= 0.6 is 38.6 Å². The molecule has 0 radical (unpaired) electrons. The third kappa shape index (κ3) is 5.19. The highest BCUT2D eigenvalue weighted by molar-refractivity contribution is 9.10. The van der Waals surface area contributed by atoms with Gasteiger partial charge in [-0.2, -0.15) is 9.36 Å². The molecule has 2 N–H and O–H groups in total. The van der Waals surface area contributed by atoms with E-state index in [0.717, 1.165) is 10.0 Å². The Morgan fingerprint density at radius 3 is 1.57 bits per heavy atom. The number of rotatable bonds is 7. The summed E-state index contributed by atoms with van der Waals surface area (Å²) < 4.78 is 32.5. The number of nitrogens with one attached hydrogen (secondary N) is 2. The van der Waals surface area contributed by atoms with Crippen LogP contribution in [0.25, 0.3) is 32.8 Å². The predicted octanol–water partition coefficient (Wildman–Crippen LogP) is 7.73. The van der Waals surface area contributed by atoms with Crippen molar-refractivity contribution in [3.8, 4) is 32.8 Å². The Morgan fingerprint density at radius 1 is 0.696 bits per heavy atom. The van der Waals surface area contributed by atoms with Crippen LogP contribution in [0.5, 0.6) is 0 Å². The third-order valence-electron chi connectivity index (χ3n) is 7.68. The molecule has 8 nitrogen and oxygen atoms in total. The molecule has 46 heavy (non-hydrogen) atoms. The van der Waals surface area contributed by atoms with Crippen molar-refractivity contribution in [1.29, 1.82) is 0 Å². The fraction of sp³-hybridized carbons (Fsp3) is 0.0909. The van der Waals surface area contributed by atoms with Gasteiger partial charge < -0.3 is 0 Å². The van der Waals surface area contributed by atoms with Crippen LogP contribution < -0.4 is 11.1 Å². The van der Waals surface area contributed by atoms with Crippen LogP contribution in [0.4, 0.5) is 8.78 Å². The van der Waals surface area contributed by atoms with Crippen LogP contribution in [-0.2, 0) is 0 Å². The zero-order valence-corrected chi connectivity index (χ0v) is 27.4. The minimum Gasteiger partial charge on any atom is -0.293 e. The van der Waals surface area contributed by atoms with Gasteiger partial charge in [0.25, 0.3) is 11.1 Å². The molecule has 0 aliphatic rings. The normalized spacial score (nSPS) is 11.5. The summed E-state index contributed by atoms with van der Waals surface area (Å²) in [4.78, 5) is 37.5. The zero-order chi connectivity index (χ0) is 32.1. The van der Waals surface area contributed by atoms with Crippen LogP contribution in [0.1, 0.15) is 34.0 Å². The molecule has 0 aliphatic carbocycles. The van der Waals surface area contributed by atoms with Crippen molar-refractivity contribution in [2.75, 3.05) is 0 Å². The quantitative estimate of drug-likeness (QED) is 0.176. The molecule has 0 unspecified atom stereocenters. The highest BCUT2D eigenvalue weighted by atomic mass is 79.9. The van der Waals surface area contributed by atoms with Gasteiger partial charge in [0.2, 0.25) is 10.3 Å². The number of hydrogen-bond acceptors (Lipinski definition) is 6. The van der Waals surface area contributed by atoms with Gasteiger partial charge in [-0.1, -0.05) is 52.3 Å². The minimum absolute atomic E-state index is 0.332. The molecular weight excluding hydrogens is 694 g/mol. The van der Waals surface area contributed by atoms with Gasteiger partial charge in [0.15, 0.2) is 0 Å². The van der Waals surface area contributed by atoms with Crippen LogP contribution in [-0.4, -0.2) is 29.5 Å². The molecule has 0 spiro atoms. The molecule has 7 rings (SSSR count). The number of benzene rings is 3. The molecule has 0 amide bonds. The van der Waals surface area contributed by atoms with Gasteiger partial charge in [-0.15, -0.1) is 22.7 Å². The van der Waals surface area contributed by atoms with E-state index in [1.165, 1.54) is 44.2 Å². The van der Waals surface area contributed by atoms with E-state index in [9.17, 15) is 18.4 Å². The Bertz CT molecular complexity index is 2210. The second kappa shape index (κ2) is 11.9. The first kappa shape index (κ1) is 30.0. The van der Waals surface area contributed by atoms with E-state index in [2.05, 4.69) is 36.1 Å². The van der Waals surface area contributed by atoms with Gasteiger partial charge >= 0.3 is 0 Å². The molecule has 0 atom stereocenters. The molecule has 13 heteroatoms. The summed E-state index contributed by atoms with van der Waals surface area (Å²) in [6.45, 7) is 3.54. The first-order chi connectivity index (χ1) is 22.2. The van der Waals surface area contributed by atoms with Crippen molar-refractivity contribution >= 4 is 38.6 Å². The number of hydrogen-bond donors (Lipinski definition) is 2. The molecule has 0 saturated heterocycles. The van der Waals surface area contributed by atoms with Crippen LogP contribution in [0.15, 0.2) is 97.6 Å². The second-order valence-corrected chi connectivity index (χ2v) is 13.1. The fourth-order valence-electron chi connectivity index (χ4n) is 5.52. The Balaban J connectivity index is 1.36. The van der Waals surface area contributed by atoms with Gasteiger partial charge in [-0.05, 0) is 55.8 Å². The summed E-state index contributed by atoms with van der Waals surface area (Å²) in [5.74, 6) is -1.59. The predicted molar refractivity (Wildman–Crippen MR) is 179 cm³/mol. The maximum absolute atomic E-state index is 14.5. The molecule has 0 bridgehead atoms. The van der Waals surface area contributed by atoms with E-state index in [-0.39, 0.29) is 11.1 Å². The van der Waals surface area contributed by atoms with Gasteiger partial charge in [0, 0.05) is 43.7 Å². The van der Waals surface area contributed by atoms with E-state index in [1.54, 1.807) is 61.0 Å². The molecule has 4 aromatic heterocycles. The van der Waals surface area contributed by atoms with Crippen LogP contribution in [0.2, 0.25) is 0 Å². The van der Waals surface area contributed by atoms with Crippen molar-refractivity contribution in [3.05, 3.63) is 148 Å². The van der Waals surface area contributed by atoms with E-state index in [4.69, 9.17) is 0 Å². The first-order valence-electron chi connectivity index (χ1n) is 14.0. The largest absolute Gasteiger partial charge is 0.293 e. The number of H-pyrrole nitrogens is 2. The Hall–Kier alpha value is -4.72. The number of aromatic nitrogens is 6. The maximum Gasteiger partial charge on any atom is 0.277 e. The van der Waals surface area contributed by atoms with Crippen LogP contribution in [0.3, 0.4) is 0 Å². The summed E-state index contributed by atoms with van der Waals surface area (Å²) in [5.41, 5.74) is 3.24. The lowest BCUT2D eigenvalue weighted by molar-refractivity contribution is 0.630. The van der Waals surface area contributed by atoms with E-state index in [1.807, 2.05) is 24.3 Å². The molecule has 3 aromatic carbocycles. The molecule has 7 aromatic rings. The molecule has 0 saturated carbocycles. The third-order valence-corrected chi connectivity index (χ3v) is 9.86. The summed E-state index contributed by atoms with van der Waals surface area (Å²) >= 11 is 5.87. The summed E-state index contributed by atoms with van der Waals surface area (Å²) in [5, 5.41) is 10.3. The fourth-order valence-corrected chi connectivity index (χ4v) is 7.35. The zero-order valence-electron chi connectivity index (χ0n) is 24.2. The van der Waals surface area contributed by atoms with Crippen molar-refractivity contribution in [2.45, 2.75) is 19.8 Å². The smallest absolute Gasteiger partial charge is 0.277 e. The highest BCUT2D eigenvalue weighted by Gasteiger charge is 2.31. The molecular formula is C33H23BrF2N6O2S2. The van der Waals surface area contributed by atoms with Crippen molar-refractivity contribution in [2.24, 2.45) is 0 Å². The lowest BCUT2D eigenvalue weighted by Gasteiger charge is -2.16. The average molecular weight is 718 g/mol. The number of aryl methyl sites for hydroxylation is 2. The molecule has 0 fully saturated rings. The SMILES string of the molecule is Cc1[nH]n(-c2nc(-c3ccccc3F)cs2)c(=O)c1C(c1ccc(Br)cc1)c1c(C)[nH]n(-c2nc(-c3ccccc3F)cs2)c1=O. The first-order valence-corrected chi connectivity index (χ1v) is 16.6. The van der Waals surface area contributed by atoms with Gasteiger partial charge in [0.05, 0.1) is 22.5 Å². The Kier molecular flexibility index (Phi) is 7.75. The van der Waals surface area contributed by atoms with Gasteiger partial charge in [-0.25, -0.2) is 18.7 Å². The van der Waals surface area contributed by atoms with Crippen LogP contribution in [0, 0.1) is 25.5 Å². The Morgan fingerprint density at radius 2 is 1.13 bits per heavy atom. The monoisotopic (exact) mass is 716 g/mol. The Labute approximate surface area is 276 Å². The van der Waals surface area contributed by atoms with E-state index in [0.29, 0.717) is 55.3 Å². The standard InChI is InChI=1S/C33H23BrF2N6O2S2/c1-17-27(30(43)41(39-17)32-37-25(15-45-32)21-7-3-5-9-23(21)35)29(19-11-13-20(34)14-12-19)28-18(2)40-42(31(28)44)33-38-26(16-46-33)22-8-4-6-10-24(22)36/h3-16,29,39-40H,1-2H3. The molecule has 230 valence electrons. The molecule has 4 heterocycles. The average Bonchev–Trinajstić information content (AvgIpc) is 3.83. The van der Waals surface area contributed by atoms with Gasteiger partial charge in [0.1, 0.15) is 11.6 Å². The summed E-state index contributed by atoms with van der Waals surface area (Å²) in [7, 11) is 0. The number of thiazole rings is 2. The molecule has 0 aliphatic heterocycles.